The molecule has 1 aliphatic carbocycles. The van der Waals surface area contributed by atoms with Gasteiger partial charge in [-0.15, -0.1) is 0 Å². The van der Waals surface area contributed by atoms with Crippen molar-refractivity contribution >= 4 is 51.3 Å². The van der Waals surface area contributed by atoms with Crippen LogP contribution in [-0.4, -0.2) is 42.5 Å². The molecule has 3 aromatic rings. The Morgan fingerprint density at radius 3 is 2.66 bits per heavy atom. The number of rotatable bonds is 6. The van der Waals surface area contributed by atoms with Crippen LogP contribution in [0.15, 0.2) is 34.6 Å². The van der Waals surface area contributed by atoms with E-state index in [-0.39, 0.29) is 5.39 Å². The number of allylic oxidation sites excluding steroid dienone is 4. The number of hydrogen-bond donors (Lipinski definition) is 3. The molecule has 8 heteroatoms. The molecule has 2 aliphatic rings. The van der Waals surface area contributed by atoms with Crippen molar-refractivity contribution in [2.24, 2.45) is 10.4 Å². The zero-order valence-electron chi connectivity index (χ0n) is 20.5. The minimum absolute atomic E-state index is 0.216. The lowest BCUT2D eigenvalue weighted by molar-refractivity contribution is 0.518. The van der Waals surface area contributed by atoms with Gasteiger partial charge >= 0.3 is 0 Å². The summed E-state index contributed by atoms with van der Waals surface area (Å²) in [7, 11) is 1.69. The van der Waals surface area contributed by atoms with Crippen LogP contribution in [0.25, 0.3) is 27.5 Å². The maximum absolute atomic E-state index is 15.4. The molecule has 5 rings (SSSR count). The fourth-order valence-corrected chi connectivity index (χ4v) is 5.06. The van der Waals surface area contributed by atoms with Gasteiger partial charge in [-0.1, -0.05) is 6.08 Å². The number of nitrogens with zero attached hydrogens (tertiary/aromatic N) is 3. The summed E-state index contributed by atoms with van der Waals surface area (Å²) in [6, 6.07) is 1.17. The molecule has 0 amide bonds. The van der Waals surface area contributed by atoms with E-state index in [1.54, 1.807) is 19.5 Å². The van der Waals surface area contributed by atoms with Gasteiger partial charge in [-0.2, -0.15) is 0 Å². The summed E-state index contributed by atoms with van der Waals surface area (Å²) in [6.45, 7) is 7.38. The average molecular weight is 477 g/mol. The van der Waals surface area contributed by atoms with Crippen molar-refractivity contribution in [3.63, 3.8) is 0 Å². The predicted octanol–water partition coefficient (Wildman–Crippen LogP) is 6.44. The summed E-state index contributed by atoms with van der Waals surface area (Å²) >= 11 is 0. The molecule has 0 bridgehead atoms. The highest BCUT2D eigenvalue weighted by molar-refractivity contribution is 6.21. The average Bonchev–Trinajstić information content (AvgIpc) is 3.31. The zero-order valence-corrected chi connectivity index (χ0v) is 20.5. The van der Waals surface area contributed by atoms with Gasteiger partial charge in [0.1, 0.15) is 5.65 Å². The molecule has 0 atom stereocenters. The number of nitrogens with one attached hydrogen (secondary N) is 3. The third-order valence-electron chi connectivity index (χ3n) is 7.55. The van der Waals surface area contributed by atoms with Crippen LogP contribution >= 0.6 is 0 Å². The van der Waals surface area contributed by atoms with E-state index in [0.29, 0.717) is 27.7 Å². The standard InChI is InChI=1S/C27H30F2N6/c1-5-17(12-32-16(3)15(2)11-30)18-13-33-26-22(25(18)35-9-8-27(14-35)6-7-27)21-23(29)19(28)10-20(31-4)24(21)34-26/h5,10-13,30-31H,6-9,14H2,1-4H3,(H,33,34)/b16-15+,17-5+,30-11?,32-12-. The van der Waals surface area contributed by atoms with Crippen LogP contribution in [0.2, 0.25) is 0 Å². The van der Waals surface area contributed by atoms with Crippen LogP contribution in [-0.2, 0) is 0 Å². The summed E-state index contributed by atoms with van der Waals surface area (Å²) in [4.78, 5) is 14.8. The van der Waals surface area contributed by atoms with Crippen molar-refractivity contribution in [3.8, 4) is 0 Å². The highest BCUT2D eigenvalue weighted by Crippen LogP contribution is 2.55. The molecule has 2 fully saturated rings. The van der Waals surface area contributed by atoms with Crippen LogP contribution in [0.3, 0.4) is 0 Å². The van der Waals surface area contributed by atoms with E-state index in [9.17, 15) is 4.39 Å². The highest BCUT2D eigenvalue weighted by atomic mass is 19.2. The van der Waals surface area contributed by atoms with E-state index in [0.717, 1.165) is 47.6 Å². The lowest BCUT2D eigenvalue weighted by atomic mass is 10.0. The Hall–Kier alpha value is -3.55. The SMILES string of the molecule is C\C=C(/C=N\C(C)=C(/C)C=N)c1cnc2[nH]c3c(NC)cc(F)c(F)c3c2c1N1CCC2(CC2)C1. The van der Waals surface area contributed by atoms with E-state index in [1.807, 2.05) is 26.8 Å². The third-order valence-corrected chi connectivity index (χ3v) is 7.55. The second kappa shape index (κ2) is 8.59. The Labute approximate surface area is 203 Å². The summed E-state index contributed by atoms with van der Waals surface area (Å²) in [5.74, 6) is -1.77. The third kappa shape index (κ3) is 3.81. The van der Waals surface area contributed by atoms with Crippen molar-refractivity contribution < 1.29 is 8.78 Å². The zero-order chi connectivity index (χ0) is 24.9. The number of halogens is 2. The van der Waals surface area contributed by atoms with Crippen LogP contribution in [0.1, 0.15) is 45.6 Å². The van der Waals surface area contributed by atoms with Gasteiger partial charge in [-0.05, 0) is 56.6 Å². The van der Waals surface area contributed by atoms with E-state index in [2.05, 4.69) is 25.2 Å². The number of benzene rings is 1. The fraction of sp³-hybridized carbons (Fsp3) is 0.370. The number of aromatic nitrogens is 2. The molecule has 1 saturated heterocycles. The molecule has 3 N–H and O–H groups in total. The Morgan fingerprint density at radius 2 is 2.03 bits per heavy atom. The molecule has 182 valence electrons. The van der Waals surface area contributed by atoms with E-state index in [4.69, 9.17) is 5.41 Å². The van der Waals surface area contributed by atoms with Crippen LogP contribution in [0.5, 0.6) is 0 Å². The quantitative estimate of drug-likeness (QED) is 0.358. The first kappa shape index (κ1) is 23.2. The molecule has 3 heterocycles. The van der Waals surface area contributed by atoms with Crippen molar-refractivity contribution in [1.82, 2.24) is 9.97 Å². The molecule has 1 aromatic carbocycles. The normalized spacial score (nSPS) is 18.2. The van der Waals surface area contributed by atoms with Gasteiger partial charge < -0.3 is 20.6 Å². The Morgan fingerprint density at radius 1 is 1.26 bits per heavy atom. The second-order valence-corrected chi connectivity index (χ2v) is 9.68. The van der Waals surface area contributed by atoms with Gasteiger partial charge in [0.05, 0.1) is 27.7 Å². The Balaban J connectivity index is 1.79. The molecule has 35 heavy (non-hydrogen) atoms. The smallest absolute Gasteiger partial charge is 0.169 e. The Bertz CT molecular complexity index is 1440. The molecular weight excluding hydrogens is 446 g/mol. The van der Waals surface area contributed by atoms with Crippen molar-refractivity contribution in [2.75, 3.05) is 30.4 Å². The van der Waals surface area contributed by atoms with Crippen molar-refractivity contribution in [2.45, 2.75) is 40.0 Å². The second-order valence-electron chi connectivity index (χ2n) is 9.68. The molecule has 1 spiro atoms. The van der Waals surface area contributed by atoms with Gasteiger partial charge in [0.2, 0.25) is 0 Å². The summed E-state index contributed by atoms with van der Waals surface area (Å²) in [6.07, 6.45) is 10.3. The van der Waals surface area contributed by atoms with Gasteiger partial charge in [-0.25, -0.2) is 13.8 Å². The monoisotopic (exact) mass is 476 g/mol. The van der Waals surface area contributed by atoms with E-state index in [1.165, 1.54) is 25.1 Å². The number of aliphatic imine (C=N–C) groups is 1. The lowest BCUT2D eigenvalue weighted by Gasteiger charge is -2.24. The Kier molecular flexibility index (Phi) is 5.69. The summed E-state index contributed by atoms with van der Waals surface area (Å²) < 4.78 is 30.0. The molecule has 2 aromatic heterocycles. The van der Waals surface area contributed by atoms with Gasteiger partial charge in [0.15, 0.2) is 11.6 Å². The maximum Gasteiger partial charge on any atom is 0.169 e. The summed E-state index contributed by atoms with van der Waals surface area (Å²) in [5, 5.41) is 11.3. The number of hydrogen-bond acceptors (Lipinski definition) is 5. The van der Waals surface area contributed by atoms with Gasteiger partial charge in [0, 0.05) is 56.1 Å². The number of anilines is 2. The van der Waals surface area contributed by atoms with E-state index < -0.39 is 11.6 Å². The first-order valence-electron chi connectivity index (χ1n) is 12.0. The molecule has 1 aliphatic heterocycles. The predicted molar refractivity (Wildman–Crippen MR) is 141 cm³/mol. The minimum Gasteiger partial charge on any atom is -0.386 e. The lowest BCUT2D eigenvalue weighted by Crippen LogP contribution is -2.22. The van der Waals surface area contributed by atoms with Crippen LogP contribution < -0.4 is 10.2 Å². The number of H-pyrrole nitrogens is 1. The molecular formula is C27H30F2N6. The van der Waals surface area contributed by atoms with Crippen LogP contribution in [0, 0.1) is 22.5 Å². The number of aromatic amines is 1. The fourth-order valence-electron chi connectivity index (χ4n) is 5.06. The minimum atomic E-state index is -0.894. The molecule has 6 nitrogen and oxygen atoms in total. The maximum atomic E-state index is 15.4. The van der Waals surface area contributed by atoms with Crippen LogP contribution in [0.4, 0.5) is 20.2 Å². The largest absolute Gasteiger partial charge is 0.386 e. The first-order valence-corrected chi connectivity index (χ1v) is 12.0. The van der Waals surface area contributed by atoms with Gasteiger partial charge in [-0.3, -0.25) is 4.99 Å². The first-order chi connectivity index (χ1) is 16.8. The topological polar surface area (TPSA) is 80.2 Å². The summed E-state index contributed by atoms with van der Waals surface area (Å²) in [5.41, 5.74) is 5.90. The number of pyridine rings is 1. The molecule has 0 radical (unpaired) electrons. The molecule has 0 unspecified atom stereocenters. The molecule has 1 saturated carbocycles. The van der Waals surface area contributed by atoms with Crippen molar-refractivity contribution in [3.05, 3.63) is 46.8 Å². The van der Waals surface area contributed by atoms with E-state index >= 15 is 4.39 Å². The number of fused-ring (bicyclic) bond motifs is 3. The van der Waals surface area contributed by atoms with Crippen molar-refractivity contribution in [1.29, 1.82) is 5.41 Å². The van der Waals surface area contributed by atoms with Gasteiger partial charge in [0.25, 0.3) is 0 Å². The highest BCUT2D eigenvalue weighted by Gasteiger charge is 2.48.